The predicted molar refractivity (Wildman–Crippen MR) is 109 cm³/mol. The van der Waals surface area contributed by atoms with Crippen LogP contribution in [0.1, 0.15) is 50.5 Å². The number of hydrogen-bond acceptors (Lipinski definition) is 2. The van der Waals surface area contributed by atoms with Gasteiger partial charge < -0.3 is 9.47 Å². The Morgan fingerprint density at radius 2 is 1.90 bits per heavy atom. The van der Waals surface area contributed by atoms with Crippen LogP contribution in [-0.2, 0) is 4.74 Å². The molecule has 0 amide bonds. The third-order valence-electron chi connectivity index (χ3n) is 5.40. The normalized spacial score (nSPS) is 19.2. The first-order valence-corrected chi connectivity index (χ1v) is 10.2. The second kappa shape index (κ2) is 9.97. The van der Waals surface area contributed by atoms with Crippen LogP contribution >= 0.6 is 0 Å². The molecule has 0 aliphatic carbocycles. The van der Waals surface area contributed by atoms with E-state index in [2.05, 4.69) is 13.5 Å². The summed E-state index contributed by atoms with van der Waals surface area (Å²) in [6.45, 7) is 6.28. The average molecular weight is 404 g/mol. The van der Waals surface area contributed by atoms with Gasteiger partial charge in [0.25, 0.3) is 0 Å². The smallest absolute Gasteiger partial charge is 0.167 e. The van der Waals surface area contributed by atoms with Crippen LogP contribution in [0.25, 0.3) is 11.1 Å². The van der Waals surface area contributed by atoms with E-state index in [0.717, 1.165) is 38.2 Å². The molecule has 2 unspecified atom stereocenters. The number of halogens is 3. The predicted octanol–water partition coefficient (Wildman–Crippen LogP) is 6.79. The second-order valence-corrected chi connectivity index (χ2v) is 7.44. The Morgan fingerprint density at radius 1 is 1.10 bits per heavy atom. The summed E-state index contributed by atoms with van der Waals surface area (Å²) in [6, 6.07) is 7.08. The fourth-order valence-electron chi connectivity index (χ4n) is 3.76. The van der Waals surface area contributed by atoms with Crippen LogP contribution in [0, 0.1) is 17.5 Å². The maximum atomic E-state index is 14.8. The van der Waals surface area contributed by atoms with Crippen LogP contribution in [0.5, 0.6) is 5.75 Å². The van der Waals surface area contributed by atoms with Gasteiger partial charge in [0.1, 0.15) is 18.2 Å². The molecule has 1 aliphatic heterocycles. The van der Waals surface area contributed by atoms with E-state index < -0.39 is 17.5 Å². The number of ether oxygens (including phenoxy) is 2. The number of hydrogen-bond donors (Lipinski definition) is 0. The Morgan fingerprint density at radius 3 is 2.55 bits per heavy atom. The van der Waals surface area contributed by atoms with Crippen molar-refractivity contribution in [2.45, 2.75) is 51.0 Å². The average Bonchev–Trinajstić information content (AvgIpc) is 2.74. The molecule has 0 saturated carbocycles. The van der Waals surface area contributed by atoms with Crippen molar-refractivity contribution in [2.75, 3.05) is 13.2 Å². The Bertz CT molecular complexity index is 842. The lowest BCUT2D eigenvalue weighted by atomic mass is 9.88. The van der Waals surface area contributed by atoms with Gasteiger partial charge in [0.15, 0.2) is 11.6 Å². The van der Waals surface area contributed by atoms with Crippen molar-refractivity contribution in [2.24, 2.45) is 0 Å². The fourth-order valence-corrected chi connectivity index (χ4v) is 3.76. The van der Waals surface area contributed by atoms with Crippen LogP contribution in [0.2, 0.25) is 0 Å². The van der Waals surface area contributed by atoms with Crippen LogP contribution in [0.15, 0.2) is 43.0 Å². The molecule has 2 nitrogen and oxygen atoms in total. The molecular weight excluding hydrogens is 377 g/mol. The van der Waals surface area contributed by atoms with E-state index >= 15 is 0 Å². The molecule has 2 atom stereocenters. The van der Waals surface area contributed by atoms with E-state index in [9.17, 15) is 13.2 Å². The molecule has 0 N–H and O–H groups in total. The molecule has 3 rings (SSSR count). The molecule has 1 saturated heterocycles. The van der Waals surface area contributed by atoms with Crippen LogP contribution in [0.4, 0.5) is 13.2 Å². The minimum absolute atomic E-state index is 0.00146. The lowest BCUT2D eigenvalue weighted by Gasteiger charge is -2.29. The van der Waals surface area contributed by atoms with Crippen molar-refractivity contribution >= 4 is 0 Å². The van der Waals surface area contributed by atoms with E-state index in [1.54, 1.807) is 12.1 Å². The second-order valence-electron chi connectivity index (χ2n) is 7.44. The van der Waals surface area contributed by atoms with Crippen LogP contribution in [0.3, 0.4) is 0 Å². The third-order valence-corrected chi connectivity index (χ3v) is 5.40. The molecule has 156 valence electrons. The molecule has 0 spiro atoms. The molecule has 5 heteroatoms. The summed E-state index contributed by atoms with van der Waals surface area (Å²) < 4.78 is 55.2. The largest absolute Gasteiger partial charge is 0.489 e. The Balaban J connectivity index is 1.77. The molecule has 0 bridgehead atoms. The molecule has 1 fully saturated rings. The quantitative estimate of drug-likeness (QED) is 0.451. The monoisotopic (exact) mass is 404 g/mol. The zero-order valence-electron chi connectivity index (χ0n) is 16.7. The summed E-state index contributed by atoms with van der Waals surface area (Å²) in [6.07, 6.45) is 6.57. The van der Waals surface area contributed by atoms with Gasteiger partial charge in [0, 0.05) is 23.1 Å². The van der Waals surface area contributed by atoms with Gasteiger partial charge in [-0.2, -0.15) is 0 Å². The minimum Gasteiger partial charge on any atom is -0.489 e. The summed E-state index contributed by atoms with van der Waals surface area (Å²) in [7, 11) is 0. The number of unbranched alkanes of at least 4 members (excludes halogenated alkanes) is 1. The summed E-state index contributed by atoms with van der Waals surface area (Å²) in [5.74, 6) is -2.50. The first-order chi connectivity index (χ1) is 14.0. The molecule has 29 heavy (non-hydrogen) atoms. The van der Waals surface area contributed by atoms with Crippen molar-refractivity contribution in [3.8, 4) is 16.9 Å². The first-order valence-electron chi connectivity index (χ1n) is 10.2. The highest BCUT2D eigenvalue weighted by Crippen LogP contribution is 2.36. The van der Waals surface area contributed by atoms with Crippen molar-refractivity contribution in [3.05, 3.63) is 66.0 Å². The SMILES string of the molecule is C=CCOc1ccc(-c2ccc(C3CCC(CCCC)OC3)c(F)c2F)c(F)c1. The van der Waals surface area contributed by atoms with E-state index in [1.807, 2.05) is 0 Å². The van der Waals surface area contributed by atoms with Gasteiger partial charge in [-0.3, -0.25) is 0 Å². The van der Waals surface area contributed by atoms with Gasteiger partial charge in [-0.1, -0.05) is 44.6 Å². The summed E-state index contributed by atoms with van der Waals surface area (Å²) >= 11 is 0. The summed E-state index contributed by atoms with van der Waals surface area (Å²) in [5, 5.41) is 0. The standard InChI is InChI=1S/C24H27F3O2/c1-3-5-6-17-8-7-16(15-29-17)19-11-12-21(24(27)23(19)26)20-10-9-18(14-22(20)25)28-13-4-2/h4,9-12,14,16-17H,2-3,5-8,13,15H2,1H3. The highest BCUT2D eigenvalue weighted by atomic mass is 19.2. The lowest BCUT2D eigenvalue weighted by Crippen LogP contribution is -2.25. The molecule has 1 heterocycles. The lowest BCUT2D eigenvalue weighted by molar-refractivity contribution is -0.00258. The molecule has 0 radical (unpaired) electrons. The Kier molecular flexibility index (Phi) is 7.37. The van der Waals surface area contributed by atoms with Gasteiger partial charge in [0.2, 0.25) is 0 Å². The van der Waals surface area contributed by atoms with Crippen molar-refractivity contribution in [3.63, 3.8) is 0 Å². The highest BCUT2D eigenvalue weighted by Gasteiger charge is 2.27. The third kappa shape index (κ3) is 5.02. The highest BCUT2D eigenvalue weighted by molar-refractivity contribution is 5.66. The van der Waals surface area contributed by atoms with E-state index in [0.29, 0.717) is 17.9 Å². The Labute approximate surface area is 170 Å². The van der Waals surface area contributed by atoms with Crippen LogP contribution < -0.4 is 4.74 Å². The summed E-state index contributed by atoms with van der Waals surface area (Å²) in [5.41, 5.74) is 0.196. The molecule has 1 aliphatic rings. The Hall–Kier alpha value is -2.27. The maximum Gasteiger partial charge on any atom is 0.167 e. The van der Waals surface area contributed by atoms with Gasteiger partial charge >= 0.3 is 0 Å². The van der Waals surface area contributed by atoms with Gasteiger partial charge in [-0.15, -0.1) is 0 Å². The van der Waals surface area contributed by atoms with Gasteiger partial charge in [-0.25, -0.2) is 13.2 Å². The van der Waals surface area contributed by atoms with Crippen molar-refractivity contribution < 1.29 is 22.6 Å². The molecule has 2 aromatic carbocycles. The summed E-state index contributed by atoms with van der Waals surface area (Å²) in [4.78, 5) is 0. The zero-order valence-corrected chi connectivity index (χ0v) is 16.7. The first kappa shape index (κ1) is 21.4. The van der Waals surface area contributed by atoms with E-state index in [-0.39, 0.29) is 29.8 Å². The van der Waals surface area contributed by atoms with Gasteiger partial charge in [0.05, 0.1) is 12.7 Å². The minimum atomic E-state index is -1.03. The van der Waals surface area contributed by atoms with Gasteiger partial charge in [-0.05, 0) is 37.0 Å². The van der Waals surface area contributed by atoms with E-state index in [1.165, 1.54) is 18.2 Å². The molecular formula is C24H27F3O2. The fraction of sp³-hybridized carbons (Fsp3) is 0.417. The molecule has 2 aromatic rings. The number of rotatable bonds is 8. The van der Waals surface area contributed by atoms with Crippen LogP contribution in [-0.4, -0.2) is 19.3 Å². The van der Waals surface area contributed by atoms with Crippen molar-refractivity contribution in [1.82, 2.24) is 0 Å². The topological polar surface area (TPSA) is 18.5 Å². The number of benzene rings is 2. The maximum absolute atomic E-state index is 14.8. The van der Waals surface area contributed by atoms with Crippen molar-refractivity contribution in [1.29, 1.82) is 0 Å². The molecule has 0 aromatic heterocycles. The van der Waals surface area contributed by atoms with E-state index in [4.69, 9.17) is 9.47 Å². The zero-order chi connectivity index (χ0) is 20.8.